The van der Waals surface area contributed by atoms with E-state index in [9.17, 15) is 0 Å². The van der Waals surface area contributed by atoms with Gasteiger partial charge in [-0.3, -0.25) is 0 Å². The number of ether oxygens (including phenoxy) is 1. The Labute approximate surface area is 107 Å². The predicted octanol–water partition coefficient (Wildman–Crippen LogP) is 3.36. The molecule has 92 valence electrons. The van der Waals surface area contributed by atoms with Crippen LogP contribution in [0.25, 0.3) is 0 Å². The maximum absolute atomic E-state index is 6.04. The predicted molar refractivity (Wildman–Crippen MR) is 71.7 cm³/mol. The lowest BCUT2D eigenvalue weighted by Crippen LogP contribution is -2.04. The molecular weight excluding hydrogens is 234 g/mol. The third kappa shape index (κ3) is 3.02. The van der Waals surface area contributed by atoms with Crippen LogP contribution in [0.3, 0.4) is 0 Å². The van der Waals surface area contributed by atoms with E-state index in [0.717, 1.165) is 29.3 Å². The quantitative estimate of drug-likeness (QED) is 0.815. The van der Waals surface area contributed by atoms with Crippen molar-refractivity contribution in [2.75, 3.05) is 13.2 Å². The molecule has 0 radical (unpaired) electrons. The summed E-state index contributed by atoms with van der Waals surface area (Å²) in [6.45, 7) is 7.08. The molecule has 0 amide bonds. The number of halogens is 1. The van der Waals surface area contributed by atoms with Crippen LogP contribution in [0.15, 0.2) is 30.4 Å². The monoisotopic (exact) mass is 251 g/mol. The second kappa shape index (κ2) is 5.11. The molecule has 1 aliphatic rings. The Balaban J connectivity index is 2.16. The summed E-state index contributed by atoms with van der Waals surface area (Å²) in [5, 5.41) is 0.755. The molecule has 1 aromatic rings. The summed E-state index contributed by atoms with van der Waals surface area (Å²) >= 11 is 6.04. The molecule has 1 aliphatic carbocycles. The molecule has 1 fully saturated rings. The van der Waals surface area contributed by atoms with Crippen LogP contribution in [0.2, 0.25) is 5.02 Å². The van der Waals surface area contributed by atoms with Gasteiger partial charge in [-0.05, 0) is 61.1 Å². The zero-order valence-electron chi connectivity index (χ0n) is 10.1. The number of benzene rings is 1. The molecule has 2 atom stereocenters. The first-order chi connectivity index (χ1) is 8.11. The lowest BCUT2D eigenvalue weighted by molar-refractivity contribution is 0.348. The Morgan fingerprint density at radius 3 is 2.94 bits per heavy atom. The van der Waals surface area contributed by atoms with Crippen molar-refractivity contribution in [1.29, 1.82) is 0 Å². The van der Waals surface area contributed by atoms with E-state index in [0.29, 0.717) is 18.4 Å². The molecule has 0 aromatic heterocycles. The van der Waals surface area contributed by atoms with E-state index in [2.05, 4.69) is 6.58 Å². The summed E-state index contributed by atoms with van der Waals surface area (Å²) in [6, 6.07) is 5.79. The molecule has 0 unspecified atom stereocenters. The van der Waals surface area contributed by atoms with Gasteiger partial charge in [0.2, 0.25) is 0 Å². The van der Waals surface area contributed by atoms with Gasteiger partial charge in [0.15, 0.2) is 0 Å². The van der Waals surface area contributed by atoms with Gasteiger partial charge in [0.1, 0.15) is 12.4 Å². The van der Waals surface area contributed by atoms with Gasteiger partial charge in [0, 0.05) is 5.02 Å². The summed E-state index contributed by atoms with van der Waals surface area (Å²) in [4.78, 5) is 0. The largest absolute Gasteiger partial charge is 0.489 e. The molecule has 1 saturated carbocycles. The Morgan fingerprint density at radius 2 is 2.35 bits per heavy atom. The smallest absolute Gasteiger partial charge is 0.123 e. The topological polar surface area (TPSA) is 35.2 Å². The second-order valence-electron chi connectivity index (χ2n) is 4.77. The highest BCUT2D eigenvalue weighted by molar-refractivity contribution is 6.30. The Bertz CT molecular complexity index is 430. The van der Waals surface area contributed by atoms with Crippen LogP contribution < -0.4 is 10.5 Å². The fraction of sp³-hybridized carbons (Fsp3) is 0.429. The van der Waals surface area contributed by atoms with E-state index in [4.69, 9.17) is 22.1 Å². The van der Waals surface area contributed by atoms with E-state index in [1.807, 2.05) is 25.1 Å². The first-order valence-corrected chi connectivity index (χ1v) is 6.26. The van der Waals surface area contributed by atoms with E-state index in [-0.39, 0.29) is 0 Å². The fourth-order valence-corrected chi connectivity index (χ4v) is 2.21. The highest BCUT2D eigenvalue weighted by Gasteiger charge is 2.38. The second-order valence-corrected chi connectivity index (χ2v) is 5.20. The molecule has 0 bridgehead atoms. The standard InChI is InChI=1S/C14H18ClNO/c1-9(2)8-17-14-4-3-11(15)6-13(14)12-5-10(12)7-16/h3-4,6,10,12H,1,5,7-8,16H2,2H3/t10-,12+/m1/s1. The van der Waals surface area contributed by atoms with Crippen LogP contribution in [-0.4, -0.2) is 13.2 Å². The number of nitrogens with two attached hydrogens (primary N) is 1. The van der Waals surface area contributed by atoms with Crippen molar-refractivity contribution in [2.45, 2.75) is 19.3 Å². The van der Waals surface area contributed by atoms with Gasteiger partial charge < -0.3 is 10.5 Å². The summed E-state index contributed by atoms with van der Waals surface area (Å²) in [5.41, 5.74) is 7.88. The summed E-state index contributed by atoms with van der Waals surface area (Å²) in [7, 11) is 0. The van der Waals surface area contributed by atoms with Gasteiger partial charge in [-0.1, -0.05) is 18.2 Å². The summed E-state index contributed by atoms with van der Waals surface area (Å²) < 4.78 is 5.75. The molecule has 3 heteroatoms. The van der Waals surface area contributed by atoms with Gasteiger partial charge in [-0.2, -0.15) is 0 Å². The Hall–Kier alpha value is -0.990. The molecule has 0 spiro atoms. The lowest BCUT2D eigenvalue weighted by atomic mass is 10.1. The molecule has 0 saturated heterocycles. The van der Waals surface area contributed by atoms with Crippen molar-refractivity contribution in [3.63, 3.8) is 0 Å². The highest BCUT2D eigenvalue weighted by Crippen LogP contribution is 2.50. The van der Waals surface area contributed by atoms with Gasteiger partial charge in [0.05, 0.1) is 0 Å². The van der Waals surface area contributed by atoms with Gasteiger partial charge in [0.25, 0.3) is 0 Å². The van der Waals surface area contributed by atoms with Crippen molar-refractivity contribution in [3.8, 4) is 5.75 Å². The van der Waals surface area contributed by atoms with Crippen LogP contribution in [0.1, 0.15) is 24.8 Å². The lowest BCUT2D eigenvalue weighted by Gasteiger charge is -2.12. The van der Waals surface area contributed by atoms with Crippen molar-refractivity contribution < 1.29 is 4.74 Å². The fourth-order valence-electron chi connectivity index (χ4n) is 2.03. The molecule has 1 aromatic carbocycles. The van der Waals surface area contributed by atoms with Crippen molar-refractivity contribution in [3.05, 3.63) is 40.9 Å². The third-order valence-electron chi connectivity index (χ3n) is 3.07. The first-order valence-electron chi connectivity index (χ1n) is 5.88. The number of hydrogen-bond donors (Lipinski definition) is 1. The van der Waals surface area contributed by atoms with Crippen LogP contribution in [0.5, 0.6) is 5.75 Å². The Morgan fingerprint density at radius 1 is 1.59 bits per heavy atom. The first kappa shape index (κ1) is 12.5. The highest BCUT2D eigenvalue weighted by atomic mass is 35.5. The molecule has 2 N–H and O–H groups in total. The number of hydrogen-bond acceptors (Lipinski definition) is 2. The Kier molecular flexibility index (Phi) is 3.75. The summed E-state index contributed by atoms with van der Waals surface area (Å²) in [6.07, 6.45) is 1.14. The van der Waals surface area contributed by atoms with Crippen molar-refractivity contribution in [1.82, 2.24) is 0 Å². The van der Waals surface area contributed by atoms with E-state index in [1.165, 1.54) is 5.56 Å². The molecule has 2 nitrogen and oxygen atoms in total. The van der Waals surface area contributed by atoms with Crippen LogP contribution in [0.4, 0.5) is 0 Å². The zero-order chi connectivity index (χ0) is 12.4. The minimum atomic E-state index is 0.513. The van der Waals surface area contributed by atoms with Crippen molar-refractivity contribution >= 4 is 11.6 Å². The maximum atomic E-state index is 6.04. The zero-order valence-corrected chi connectivity index (χ0v) is 10.8. The van der Waals surface area contributed by atoms with E-state index >= 15 is 0 Å². The molecule has 2 rings (SSSR count). The van der Waals surface area contributed by atoms with Crippen LogP contribution in [0, 0.1) is 5.92 Å². The third-order valence-corrected chi connectivity index (χ3v) is 3.31. The molecule has 17 heavy (non-hydrogen) atoms. The van der Waals surface area contributed by atoms with Crippen LogP contribution in [-0.2, 0) is 0 Å². The average Bonchev–Trinajstić information content (AvgIpc) is 3.06. The molecule has 0 heterocycles. The SMILES string of the molecule is C=C(C)COc1ccc(Cl)cc1[C@H]1C[C@@H]1CN. The number of rotatable bonds is 5. The van der Waals surface area contributed by atoms with Gasteiger partial charge >= 0.3 is 0 Å². The normalized spacial score (nSPS) is 22.3. The minimum Gasteiger partial charge on any atom is -0.489 e. The van der Waals surface area contributed by atoms with Crippen molar-refractivity contribution in [2.24, 2.45) is 11.7 Å². The summed E-state index contributed by atoms with van der Waals surface area (Å²) in [5.74, 6) is 2.01. The van der Waals surface area contributed by atoms with Gasteiger partial charge in [-0.25, -0.2) is 0 Å². The maximum Gasteiger partial charge on any atom is 0.123 e. The van der Waals surface area contributed by atoms with Gasteiger partial charge in [-0.15, -0.1) is 0 Å². The van der Waals surface area contributed by atoms with Crippen LogP contribution >= 0.6 is 11.6 Å². The van der Waals surface area contributed by atoms with E-state index in [1.54, 1.807) is 0 Å². The average molecular weight is 252 g/mol. The molecular formula is C14H18ClNO. The van der Waals surface area contributed by atoms with E-state index < -0.39 is 0 Å². The molecule has 0 aliphatic heterocycles. The minimum absolute atomic E-state index is 0.513.